The van der Waals surface area contributed by atoms with Gasteiger partial charge in [0.1, 0.15) is 0 Å². The summed E-state index contributed by atoms with van der Waals surface area (Å²) < 4.78 is 4.92. The lowest BCUT2D eigenvalue weighted by atomic mass is 10.0. The van der Waals surface area contributed by atoms with Crippen molar-refractivity contribution < 1.29 is 19.4 Å². The molecule has 0 aliphatic carbocycles. The normalized spacial score (nSPS) is 11.8. The average molecular weight is 393 g/mol. The minimum Gasteiger partial charge on any atom is -0.394 e. The maximum absolute atomic E-state index is 11.9. The molecule has 3 N–H and O–H groups in total. The van der Waals surface area contributed by atoms with Crippen molar-refractivity contribution in [1.82, 2.24) is 10.6 Å². The molecule has 0 radical (unpaired) electrons. The van der Waals surface area contributed by atoms with Crippen LogP contribution in [0, 0.1) is 0 Å². The molecule has 0 heterocycles. The number of ether oxygens (including phenoxy) is 1. The van der Waals surface area contributed by atoms with E-state index >= 15 is 0 Å². The average Bonchev–Trinajstić information content (AvgIpc) is 2.70. The Kier molecular flexibility index (Phi) is 13.0. The minimum atomic E-state index is -0.346. The van der Waals surface area contributed by atoms with Crippen molar-refractivity contribution in [2.45, 2.75) is 64.3 Å². The fourth-order valence-corrected chi connectivity index (χ4v) is 2.94. The van der Waals surface area contributed by atoms with Crippen molar-refractivity contribution in [3.8, 4) is 0 Å². The van der Waals surface area contributed by atoms with Gasteiger partial charge in [0.25, 0.3) is 0 Å². The molecule has 1 aromatic rings. The van der Waals surface area contributed by atoms with Crippen molar-refractivity contribution >= 4 is 11.8 Å². The second-order valence-electron chi connectivity index (χ2n) is 7.09. The molecule has 158 valence electrons. The van der Waals surface area contributed by atoms with Gasteiger partial charge in [-0.3, -0.25) is 9.59 Å². The van der Waals surface area contributed by atoms with Gasteiger partial charge in [-0.15, -0.1) is 0 Å². The Balaban J connectivity index is 2.01. The Labute approximate surface area is 169 Å². The van der Waals surface area contributed by atoms with Gasteiger partial charge in [0.05, 0.1) is 19.3 Å². The first kappa shape index (κ1) is 24.1. The van der Waals surface area contributed by atoms with Crippen LogP contribution in [0.4, 0.5) is 0 Å². The summed E-state index contributed by atoms with van der Waals surface area (Å²) in [6, 6.07) is 8.24. The van der Waals surface area contributed by atoms with Crippen molar-refractivity contribution in [3.05, 3.63) is 35.4 Å². The number of rotatable bonds is 15. The van der Waals surface area contributed by atoms with Gasteiger partial charge in [-0.2, -0.15) is 0 Å². The monoisotopic (exact) mass is 392 g/mol. The van der Waals surface area contributed by atoms with Crippen molar-refractivity contribution in [1.29, 1.82) is 0 Å². The van der Waals surface area contributed by atoms with Gasteiger partial charge in [0.2, 0.25) is 11.8 Å². The standard InChI is InChI=1S/C22H36N2O4/c1-3-18-11-13-19(14-12-18)8-7-10-21(26)23-15-6-4-5-9-22(27)24-20(16-25)17-28-2/h11-14,20,25H,3-10,15-17H2,1-2H3,(H,23,26)(H,24,27). The fourth-order valence-electron chi connectivity index (χ4n) is 2.94. The van der Waals surface area contributed by atoms with Gasteiger partial charge in [-0.1, -0.05) is 37.6 Å². The fraction of sp³-hybridized carbons (Fsp3) is 0.636. The summed E-state index contributed by atoms with van der Waals surface area (Å²) in [7, 11) is 1.53. The highest BCUT2D eigenvalue weighted by molar-refractivity contribution is 5.76. The molecule has 0 aliphatic heterocycles. The van der Waals surface area contributed by atoms with Crippen LogP contribution in [0.1, 0.15) is 56.6 Å². The molecule has 0 bridgehead atoms. The molecule has 6 nitrogen and oxygen atoms in total. The van der Waals surface area contributed by atoms with E-state index in [2.05, 4.69) is 41.8 Å². The summed E-state index contributed by atoms with van der Waals surface area (Å²) in [5.41, 5.74) is 2.61. The van der Waals surface area contributed by atoms with Crippen molar-refractivity contribution in [2.24, 2.45) is 0 Å². The highest BCUT2D eigenvalue weighted by Crippen LogP contribution is 2.08. The number of unbranched alkanes of at least 4 members (excludes halogenated alkanes) is 2. The van der Waals surface area contributed by atoms with E-state index in [1.807, 2.05) is 0 Å². The molecule has 0 saturated heterocycles. The first-order valence-corrected chi connectivity index (χ1v) is 10.3. The molecule has 1 aromatic carbocycles. The van der Waals surface area contributed by atoms with E-state index < -0.39 is 0 Å². The minimum absolute atomic E-state index is 0.0768. The summed E-state index contributed by atoms with van der Waals surface area (Å²) in [5.74, 6) is 0.0142. The Morgan fingerprint density at radius 3 is 2.32 bits per heavy atom. The molecular formula is C22H36N2O4. The van der Waals surface area contributed by atoms with E-state index in [0.29, 0.717) is 26.0 Å². The number of hydrogen-bond donors (Lipinski definition) is 3. The second-order valence-corrected chi connectivity index (χ2v) is 7.09. The summed E-state index contributed by atoms with van der Waals surface area (Å²) in [6.07, 6.45) is 6.29. The highest BCUT2D eigenvalue weighted by atomic mass is 16.5. The molecule has 0 aliphatic rings. The van der Waals surface area contributed by atoms with Crippen LogP contribution in [0.3, 0.4) is 0 Å². The van der Waals surface area contributed by atoms with E-state index in [1.165, 1.54) is 18.2 Å². The quantitative estimate of drug-likeness (QED) is 0.400. The zero-order valence-electron chi connectivity index (χ0n) is 17.3. The lowest BCUT2D eigenvalue weighted by Gasteiger charge is -2.15. The molecule has 0 saturated carbocycles. The summed E-state index contributed by atoms with van der Waals surface area (Å²) in [6.45, 7) is 2.96. The summed E-state index contributed by atoms with van der Waals surface area (Å²) in [4.78, 5) is 23.6. The van der Waals surface area contributed by atoms with Crippen molar-refractivity contribution in [2.75, 3.05) is 26.9 Å². The van der Waals surface area contributed by atoms with Gasteiger partial charge >= 0.3 is 0 Å². The van der Waals surface area contributed by atoms with Crippen LogP contribution in [0.2, 0.25) is 0 Å². The third kappa shape index (κ3) is 11.0. The SMILES string of the molecule is CCc1ccc(CCCC(=O)NCCCCCC(=O)NC(CO)COC)cc1. The topological polar surface area (TPSA) is 87.7 Å². The number of benzene rings is 1. The first-order valence-electron chi connectivity index (χ1n) is 10.3. The maximum atomic E-state index is 11.9. The lowest BCUT2D eigenvalue weighted by Crippen LogP contribution is -2.40. The van der Waals surface area contributed by atoms with Gasteiger partial charge in [0.15, 0.2) is 0 Å². The van der Waals surface area contributed by atoms with Crippen LogP contribution < -0.4 is 10.6 Å². The summed E-state index contributed by atoms with van der Waals surface area (Å²) in [5, 5.41) is 14.8. The number of carbonyl (C=O) groups is 2. The zero-order chi connectivity index (χ0) is 20.6. The Bertz CT molecular complexity index is 560. The maximum Gasteiger partial charge on any atom is 0.220 e. The summed E-state index contributed by atoms with van der Waals surface area (Å²) >= 11 is 0. The predicted octanol–water partition coefficient (Wildman–Crippen LogP) is 2.37. The molecule has 0 fully saturated rings. The van der Waals surface area contributed by atoms with Gasteiger partial charge < -0.3 is 20.5 Å². The van der Waals surface area contributed by atoms with E-state index in [0.717, 1.165) is 38.5 Å². The van der Waals surface area contributed by atoms with E-state index in [-0.39, 0.29) is 24.5 Å². The highest BCUT2D eigenvalue weighted by Gasteiger charge is 2.10. The molecule has 6 heteroatoms. The number of aryl methyl sites for hydroxylation is 2. The third-order valence-corrected chi connectivity index (χ3v) is 4.66. The van der Waals surface area contributed by atoms with E-state index in [1.54, 1.807) is 0 Å². The molecule has 1 atom stereocenters. The van der Waals surface area contributed by atoms with Crippen molar-refractivity contribution in [3.63, 3.8) is 0 Å². The number of aliphatic hydroxyl groups is 1. The van der Waals surface area contributed by atoms with Crippen LogP contribution in [-0.4, -0.2) is 49.8 Å². The molecule has 0 aromatic heterocycles. The Morgan fingerprint density at radius 1 is 1.00 bits per heavy atom. The number of nitrogens with one attached hydrogen (secondary N) is 2. The molecule has 1 unspecified atom stereocenters. The first-order chi connectivity index (χ1) is 13.6. The molecular weight excluding hydrogens is 356 g/mol. The Morgan fingerprint density at radius 2 is 1.68 bits per heavy atom. The molecule has 1 rings (SSSR count). The van der Waals surface area contributed by atoms with Crippen LogP contribution in [0.25, 0.3) is 0 Å². The Hall–Kier alpha value is -1.92. The van der Waals surface area contributed by atoms with Gasteiger partial charge in [-0.05, 0) is 43.2 Å². The number of hydrogen-bond acceptors (Lipinski definition) is 4. The largest absolute Gasteiger partial charge is 0.394 e. The number of carbonyl (C=O) groups excluding carboxylic acids is 2. The van der Waals surface area contributed by atoms with Crippen LogP contribution in [0.5, 0.6) is 0 Å². The van der Waals surface area contributed by atoms with Gasteiger partial charge in [-0.25, -0.2) is 0 Å². The van der Waals surface area contributed by atoms with E-state index in [9.17, 15) is 9.59 Å². The number of aliphatic hydroxyl groups excluding tert-OH is 1. The second kappa shape index (κ2) is 15.1. The zero-order valence-corrected chi connectivity index (χ0v) is 17.3. The molecule has 2 amide bonds. The molecule has 28 heavy (non-hydrogen) atoms. The number of amides is 2. The smallest absolute Gasteiger partial charge is 0.220 e. The molecule has 0 spiro atoms. The van der Waals surface area contributed by atoms with Crippen LogP contribution >= 0.6 is 0 Å². The van der Waals surface area contributed by atoms with Crippen LogP contribution in [0.15, 0.2) is 24.3 Å². The lowest BCUT2D eigenvalue weighted by molar-refractivity contribution is -0.123. The van der Waals surface area contributed by atoms with E-state index in [4.69, 9.17) is 9.84 Å². The van der Waals surface area contributed by atoms with Crippen LogP contribution in [-0.2, 0) is 27.2 Å². The predicted molar refractivity (Wildman–Crippen MR) is 111 cm³/mol. The number of methoxy groups -OCH3 is 1. The van der Waals surface area contributed by atoms with Gasteiger partial charge in [0, 0.05) is 26.5 Å². The third-order valence-electron chi connectivity index (χ3n) is 4.66.